The zero-order chi connectivity index (χ0) is 17.5. The second-order valence-corrected chi connectivity index (χ2v) is 6.58. The second-order valence-electron chi connectivity index (χ2n) is 5.08. The molecular formula is C17H17ClN2O3S. The molecule has 0 bridgehead atoms. The third-order valence-corrected chi connectivity index (χ3v) is 4.13. The summed E-state index contributed by atoms with van der Waals surface area (Å²) in [4.78, 5) is 27.6. The maximum atomic E-state index is 11.8. The molecule has 0 spiro atoms. The highest BCUT2D eigenvalue weighted by Gasteiger charge is 2.11. The van der Waals surface area contributed by atoms with Crippen LogP contribution in [0.25, 0.3) is 6.08 Å². The fraction of sp³-hybridized carbons (Fsp3) is 0.235. The van der Waals surface area contributed by atoms with E-state index in [-0.39, 0.29) is 18.6 Å². The van der Waals surface area contributed by atoms with Crippen LogP contribution in [0, 0.1) is 6.92 Å². The quantitative estimate of drug-likeness (QED) is 0.628. The summed E-state index contributed by atoms with van der Waals surface area (Å²) in [5.74, 6) is -0.972. The summed E-state index contributed by atoms with van der Waals surface area (Å²) in [7, 11) is 0. The third kappa shape index (κ3) is 5.79. The number of benzene rings is 1. The van der Waals surface area contributed by atoms with Crippen LogP contribution in [0.1, 0.15) is 29.2 Å². The van der Waals surface area contributed by atoms with Crippen molar-refractivity contribution < 1.29 is 14.3 Å². The molecule has 0 saturated carbocycles. The summed E-state index contributed by atoms with van der Waals surface area (Å²) < 4.78 is 4.90. The predicted octanol–water partition coefficient (Wildman–Crippen LogP) is 3.54. The average molecular weight is 365 g/mol. The molecule has 1 N–H and O–H groups in total. The van der Waals surface area contributed by atoms with Crippen molar-refractivity contribution in [1.82, 2.24) is 10.3 Å². The molecule has 1 aromatic heterocycles. The molecule has 24 heavy (non-hydrogen) atoms. The first-order valence-corrected chi connectivity index (χ1v) is 8.51. The van der Waals surface area contributed by atoms with Gasteiger partial charge in [-0.2, -0.15) is 0 Å². The van der Waals surface area contributed by atoms with Crippen LogP contribution in [0.3, 0.4) is 0 Å². The van der Waals surface area contributed by atoms with Gasteiger partial charge >= 0.3 is 5.97 Å². The van der Waals surface area contributed by atoms with Crippen LogP contribution < -0.4 is 5.32 Å². The number of amides is 1. The monoisotopic (exact) mass is 364 g/mol. The topological polar surface area (TPSA) is 68.3 Å². The van der Waals surface area contributed by atoms with Crippen molar-refractivity contribution in [3.05, 3.63) is 57.0 Å². The molecule has 0 fully saturated rings. The van der Waals surface area contributed by atoms with Crippen molar-refractivity contribution in [3.8, 4) is 0 Å². The molecule has 1 unspecified atom stereocenters. The van der Waals surface area contributed by atoms with Crippen LogP contribution in [-0.2, 0) is 14.3 Å². The number of nitrogens with one attached hydrogen (secondary N) is 1. The van der Waals surface area contributed by atoms with Crippen molar-refractivity contribution in [2.75, 3.05) is 6.61 Å². The van der Waals surface area contributed by atoms with Gasteiger partial charge < -0.3 is 10.1 Å². The fourth-order valence-corrected chi connectivity index (χ4v) is 2.72. The van der Waals surface area contributed by atoms with Crippen LogP contribution in [-0.4, -0.2) is 23.5 Å². The minimum absolute atomic E-state index is 0.233. The third-order valence-electron chi connectivity index (χ3n) is 3.10. The van der Waals surface area contributed by atoms with E-state index in [2.05, 4.69) is 10.3 Å². The summed E-state index contributed by atoms with van der Waals surface area (Å²) in [5.41, 5.74) is 1.56. The lowest BCUT2D eigenvalue weighted by atomic mass is 10.1. The van der Waals surface area contributed by atoms with E-state index in [1.54, 1.807) is 18.2 Å². The first kappa shape index (κ1) is 18.2. The van der Waals surface area contributed by atoms with Crippen LogP contribution in [0.5, 0.6) is 0 Å². The molecule has 1 aromatic carbocycles. The number of aromatic nitrogens is 1. The first-order valence-electron chi connectivity index (χ1n) is 7.26. The van der Waals surface area contributed by atoms with Crippen LogP contribution in [0.4, 0.5) is 0 Å². The van der Waals surface area contributed by atoms with Gasteiger partial charge in [-0.3, -0.25) is 4.79 Å². The summed E-state index contributed by atoms with van der Waals surface area (Å²) >= 11 is 7.41. The lowest BCUT2D eigenvalue weighted by molar-refractivity contribution is -0.144. The minimum Gasteiger partial charge on any atom is -0.452 e. The number of halogens is 1. The number of aryl methyl sites for hydroxylation is 1. The molecule has 126 valence electrons. The maximum Gasteiger partial charge on any atom is 0.331 e. The van der Waals surface area contributed by atoms with Gasteiger partial charge in [0.15, 0.2) is 6.61 Å². The summed E-state index contributed by atoms with van der Waals surface area (Å²) in [5, 5.41) is 6.09. The highest BCUT2D eigenvalue weighted by molar-refractivity contribution is 7.09. The number of carbonyl (C=O) groups excluding carboxylic acids is 2. The Hall–Kier alpha value is -2.18. The van der Waals surface area contributed by atoms with Crippen LogP contribution >= 0.6 is 22.9 Å². The van der Waals surface area contributed by atoms with Gasteiger partial charge in [0, 0.05) is 16.5 Å². The number of ether oxygens (including phenoxy) is 1. The number of thiazole rings is 1. The number of hydrogen-bond donors (Lipinski definition) is 1. The number of carbonyl (C=O) groups is 2. The van der Waals surface area contributed by atoms with Gasteiger partial charge in [0.1, 0.15) is 0 Å². The number of hydrogen-bond acceptors (Lipinski definition) is 5. The van der Waals surface area contributed by atoms with E-state index in [4.69, 9.17) is 16.3 Å². The van der Waals surface area contributed by atoms with Crippen molar-refractivity contribution >= 4 is 40.9 Å². The summed E-state index contributed by atoms with van der Waals surface area (Å²) in [6, 6.07) is 6.98. The molecule has 0 aliphatic heterocycles. The molecule has 0 radical (unpaired) electrons. The molecule has 0 aliphatic rings. The van der Waals surface area contributed by atoms with Gasteiger partial charge in [-0.15, -0.1) is 11.3 Å². The average Bonchev–Trinajstić information content (AvgIpc) is 2.96. The minimum atomic E-state index is -0.591. The Morgan fingerprint density at radius 1 is 1.46 bits per heavy atom. The number of rotatable bonds is 6. The smallest absolute Gasteiger partial charge is 0.331 e. The van der Waals surface area contributed by atoms with Gasteiger partial charge in [-0.25, -0.2) is 9.78 Å². The van der Waals surface area contributed by atoms with Gasteiger partial charge in [-0.05, 0) is 37.6 Å². The van der Waals surface area contributed by atoms with E-state index in [0.29, 0.717) is 10.7 Å². The largest absolute Gasteiger partial charge is 0.452 e. The van der Waals surface area contributed by atoms with Gasteiger partial charge in [0.05, 0.1) is 16.7 Å². The van der Waals surface area contributed by atoms with E-state index in [1.165, 1.54) is 17.4 Å². The standard InChI is InChI=1S/C17H17ClN2O3S/c1-11(13-4-3-5-14(18)8-13)19-16(21)9-23-17(22)7-6-15-10-24-12(2)20-15/h3-8,10-11H,9H2,1-2H3,(H,19,21)/b7-6+. The molecule has 5 nitrogen and oxygen atoms in total. The summed E-state index contributed by atoms with van der Waals surface area (Å²) in [6.07, 6.45) is 2.81. The lowest BCUT2D eigenvalue weighted by Crippen LogP contribution is -2.30. The van der Waals surface area contributed by atoms with E-state index in [0.717, 1.165) is 10.6 Å². The SMILES string of the molecule is Cc1nc(/C=C/C(=O)OCC(=O)NC(C)c2cccc(Cl)c2)cs1. The van der Waals surface area contributed by atoms with Crippen LogP contribution in [0.2, 0.25) is 5.02 Å². The number of esters is 1. The molecule has 1 amide bonds. The van der Waals surface area contributed by atoms with Gasteiger partial charge in [0.2, 0.25) is 0 Å². The fourth-order valence-electron chi connectivity index (χ4n) is 1.94. The van der Waals surface area contributed by atoms with E-state index >= 15 is 0 Å². The van der Waals surface area contributed by atoms with Crippen molar-refractivity contribution in [2.24, 2.45) is 0 Å². The molecule has 1 heterocycles. The van der Waals surface area contributed by atoms with Crippen molar-refractivity contribution in [3.63, 3.8) is 0 Å². The predicted molar refractivity (Wildman–Crippen MR) is 94.9 cm³/mol. The lowest BCUT2D eigenvalue weighted by Gasteiger charge is -2.14. The number of nitrogens with zero attached hydrogens (tertiary/aromatic N) is 1. The van der Waals surface area contributed by atoms with E-state index in [9.17, 15) is 9.59 Å². The highest BCUT2D eigenvalue weighted by Crippen LogP contribution is 2.17. The van der Waals surface area contributed by atoms with Gasteiger partial charge in [-0.1, -0.05) is 23.7 Å². The van der Waals surface area contributed by atoms with E-state index < -0.39 is 5.97 Å². The Balaban J connectivity index is 1.78. The Morgan fingerprint density at radius 3 is 2.92 bits per heavy atom. The Kier molecular flexibility index (Phi) is 6.52. The van der Waals surface area contributed by atoms with Crippen LogP contribution in [0.15, 0.2) is 35.7 Å². The normalized spacial score (nSPS) is 12.1. The second kappa shape index (κ2) is 8.61. The summed E-state index contributed by atoms with van der Waals surface area (Å²) in [6.45, 7) is 3.37. The zero-order valence-electron chi connectivity index (χ0n) is 13.3. The Bertz CT molecular complexity index is 758. The molecule has 7 heteroatoms. The highest BCUT2D eigenvalue weighted by atomic mass is 35.5. The van der Waals surface area contributed by atoms with E-state index in [1.807, 2.05) is 31.4 Å². The zero-order valence-corrected chi connectivity index (χ0v) is 14.9. The molecule has 0 saturated heterocycles. The van der Waals surface area contributed by atoms with Gasteiger partial charge in [0.25, 0.3) is 5.91 Å². The molecule has 0 aliphatic carbocycles. The molecule has 2 aromatic rings. The first-order chi connectivity index (χ1) is 11.4. The molecule has 1 atom stereocenters. The Morgan fingerprint density at radius 2 is 2.25 bits per heavy atom. The molecular weight excluding hydrogens is 348 g/mol. The Labute approximate surface area is 149 Å². The van der Waals surface area contributed by atoms with Crippen molar-refractivity contribution in [2.45, 2.75) is 19.9 Å². The maximum absolute atomic E-state index is 11.8. The van der Waals surface area contributed by atoms with Crippen molar-refractivity contribution in [1.29, 1.82) is 0 Å². The molecule has 2 rings (SSSR count).